The number of fused-ring (bicyclic) bond motifs is 1. The predicted molar refractivity (Wildman–Crippen MR) is 142 cm³/mol. The van der Waals surface area contributed by atoms with Gasteiger partial charge in [0.05, 0.1) is 36.9 Å². The molecule has 0 aromatic heterocycles. The van der Waals surface area contributed by atoms with Crippen LogP contribution < -0.4 is 5.32 Å². The van der Waals surface area contributed by atoms with Gasteiger partial charge in [0.2, 0.25) is 5.91 Å². The number of amides is 1. The third kappa shape index (κ3) is 6.38. The lowest BCUT2D eigenvalue weighted by Crippen LogP contribution is -2.42. The lowest BCUT2D eigenvalue weighted by atomic mass is 9.92. The second-order valence-electron chi connectivity index (χ2n) is 10.3. The molecule has 3 heterocycles. The van der Waals surface area contributed by atoms with Gasteiger partial charge in [-0.25, -0.2) is 9.79 Å². The molecule has 3 aliphatic rings. The first-order valence-electron chi connectivity index (χ1n) is 12.4. The highest BCUT2D eigenvalue weighted by Crippen LogP contribution is 2.45. The number of aliphatic imine (C=N–C) groups is 1. The first kappa shape index (κ1) is 26.4. The zero-order valence-corrected chi connectivity index (χ0v) is 22.6. The Hall–Kier alpha value is -2.62. The van der Waals surface area contributed by atoms with Gasteiger partial charge in [-0.2, -0.15) is 0 Å². The van der Waals surface area contributed by atoms with Crippen molar-refractivity contribution in [2.24, 2.45) is 4.99 Å². The van der Waals surface area contributed by atoms with Crippen LogP contribution in [0.15, 0.2) is 51.6 Å². The van der Waals surface area contributed by atoms with E-state index in [0.29, 0.717) is 17.8 Å². The molecule has 1 atom stereocenters. The number of carbonyl (C=O) groups excluding carboxylic acids is 2. The van der Waals surface area contributed by atoms with Gasteiger partial charge in [-0.1, -0.05) is 41.6 Å². The Kier molecular flexibility index (Phi) is 8.22. The van der Waals surface area contributed by atoms with Crippen LogP contribution >= 0.6 is 11.8 Å². The molecule has 0 bridgehead atoms. The number of amidine groups is 1. The summed E-state index contributed by atoms with van der Waals surface area (Å²) in [5.74, 6) is -0.440. The van der Waals surface area contributed by atoms with Crippen molar-refractivity contribution in [1.82, 2.24) is 15.1 Å². The number of nitrogens with one attached hydrogen (secondary N) is 1. The van der Waals surface area contributed by atoms with E-state index < -0.39 is 11.6 Å². The van der Waals surface area contributed by atoms with Gasteiger partial charge in [0.15, 0.2) is 5.17 Å². The number of esters is 1. The summed E-state index contributed by atoms with van der Waals surface area (Å²) in [5, 5.41) is 5.78. The number of rotatable bonds is 7. The number of nitrogens with zero attached hydrogens (tertiary/aromatic N) is 3. The van der Waals surface area contributed by atoms with Crippen LogP contribution in [0.3, 0.4) is 0 Å². The van der Waals surface area contributed by atoms with Crippen LogP contribution in [0, 0.1) is 6.92 Å². The van der Waals surface area contributed by atoms with Crippen LogP contribution in [-0.2, 0) is 19.1 Å². The van der Waals surface area contributed by atoms with Gasteiger partial charge in [0.1, 0.15) is 5.60 Å². The molecule has 9 heteroatoms. The first-order valence-corrected chi connectivity index (χ1v) is 13.3. The molecular formula is C27H36N4O4S. The number of morpholine rings is 1. The molecule has 3 aliphatic heterocycles. The van der Waals surface area contributed by atoms with Crippen LogP contribution in [-0.4, -0.2) is 71.8 Å². The number of benzene rings is 1. The average Bonchev–Trinajstić information content (AvgIpc) is 3.19. The highest BCUT2D eigenvalue weighted by Gasteiger charge is 2.41. The van der Waals surface area contributed by atoms with Crippen LogP contribution in [0.1, 0.15) is 51.3 Å². The van der Waals surface area contributed by atoms with Gasteiger partial charge >= 0.3 is 5.97 Å². The number of ether oxygens (including phenoxy) is 2. The van der Waals surface area contributed by atoms with Crippen molar-refractivity contribution in [2.75, 3.05) is 39.4 Å². The normalized spacial score (nSPS) is 20.6. The fourth-order valence-electron chi connectivity index (χ4n) is 4.52. The van der Waals surface area contributed by atoms with Crippen LogP contribution in [0.5, 0.6) is 0 Å². The first-order chi connectivity index (χ1) is 17.1. The molecule has 0 radical (unpaired) electrons. The Labute approximate surface area is 217 Å². The van der Waals surface area contributed by atoms with Crippen LogP contribution in [0.4, 0.5) is 0 Å². The van der Waals surface area contributed by atoms with E-state index in [1.807, 2.05) is 63.1 Å². The summed E-state index contributed by atoms with van der Waals surface area (Å²) in [6, 6.07) is 7.69. The number of hydrogen-bond donors (Lipinski definition) is 1. The van der Waals surface area contributed by atoms with E-state index in [2.05, 4.69) is 16.3 Å². The smallest absolute Gasteiger partial charge is 0.338 e. The Balaban J connectivity index is 1.54. The van der Waals surface area contributed by atoms with Gasteiger partial charge in [0.25, 0.3) is 0 Å². The Morgan fingerprint density at radius 1 is 1.22 bits per heavy atom. The molecule has 4 rings (SSSR count). The lowest BCUT2D eigenvalue weighted by molar-refractivity contribution is -0.150. The fourth-order valence-corrected chi connectivity index (χ4v) is 5.49. The molecule has 0 aliphatic carbocycles. The molecule has 1 aromatic carbocycles. The molecule has 0 saturated carbocycles. The number of carbonyl (C=O) groups is 2. The number of hydrogen-bond acceptors (Lipinski definition) is 8. The maximum Gasteiger partial charge on any atom is 0.338 e. The molecule has 1 N–H and O–H groups in total. The molecule has 194 valence electrons. The largest absolute Gasteiger partial charge is 0.456 e. The summed E-state index contributed by atoms with van der Waals surface area (Å²) < 4.78 is 11.2. The molecule has 0 spiro atoms. The van der Waals surface area contributed by atoms with Crippen molar-refractivity contribution in [3.05, 3.63) is 57.8 Å². The van der Waals surface area contributed by atoms with Gasteiger partial charge in [-0.15, -0.1) is 0 Å². The molecule has 36 heavy (non-hydrogen) atoms. The Morgan fingerprint density at radius 3 is 2.67 bits per heavy atom. The molecule has 1 saturated heterocycles. The number of thioether (sulfide) groups is 1. The molecule has 8 nitrogen and oxygen atoms in total. The zero-order chi connectivity index (χ0) is 25.9. The van der Waals surface area contributed by atoms with Gasteiger partial charge < -0.3 is 19.7 Å². The summed E-state index contributed by atoms with van der Waals surface area (Å²) in [6.07, 6.45) is 0.206. The topological polar surface area (TPSA) is 83.5 Å². The minimum absolute atomic E-state index is 0.0514. The van der Waals surface area contributed by atoms with E-state index in [1.165, 1.54) is 11.8 Å². The van der Waals surface area contributed by atoms with E-state index in [0.717, 1.165) is 54.8 Å². The molecule has 1 aromatic rings. The second kappa shape index (κ2) is 11.2. The van der Waals surface area contributed by atoms with Crippen molar-refractivity contribution < 1.29 is 19.1 Å². The molecule has 1 unspecified atom stereocenters. The molecule has 1 fully saturated rings. The summed E-state index contributed by atoms with van der Waals surface area (Å²) in [7, 11) is 0. The van der Waals surface area contributed by atoms with Gasteiger partial charge in [0, 0.05) is 31.9 Å². The van der Waals surface area contributed by atoms with E-state index >= 15 is 0 Å². The monoisotopic (exact) mass is 512 g/mol. The summed E-state index contributed by atoms with van der Waals surface area (Å²) in [6.45, 7) is 14.1. The maximum atomic E-state index is 13.4. The van der Waals surface area contributed by atoms with E-state index in [9.17, 15) is 9.59 Å². The Bertz CT molecular complexity index is 1100. The Morgan fingerprint density at radius 2 is 1.97 bits per heavy atom. The van der Waals surface area contributed by atoms with Gasteiger partial charge in [-0.05, 0) is 45.6 Å². The van der Waals surface area contributed by atoms with Crippen molar-refractivity contribution in [3.8, 4) is 0 Å². The number of aryl methyl sites for hydroxylation is 1. The number of allylic oxidation sites excluding steroid dienone is 1. The SMILES string of the molecule is CC1=C(C(=O)OC(C)(C)C)C(c2cccc(C)c2)N2C(CC(=O)NCCN3CCOCC3)=CSC2=N1. The predicted octanol–water partition coefficient (Wildman–Crippen LogP) is 3.75. The van der Waals surface area contributed by atoms with E-state index in [4.69, 9.17) is 14.5 Å². The third-order valence-corrected chi connectivity index (χ3v) is 7.06. The van der Waals surface area contributed by atoms with E-state index in [1.54, 1.807) is 0 Å². The van der Waals surface area contributed by atoms with Crippen molar-refractivity contribution in [2.45, 2.75) is 52.7 Å². The quantitative estimate of drug-likeness (QED) is 0.557. The van der Waals surface area contributed by atoms with Crippen molar-refractivity contribution >= 4 is 28.8 Å². The minimum Gasteiger partial charge on any atom is -0.456 e. The standard InChI is InChI=1S/C27H36N4O4S/c1-18-7-6-8-20(15-18)24-23(25(33)35-27(3,4)5)19(2)29-26-31(24)21(17-36-26)16-22(32)28-9-10-30-11-13-34-14-12-30/h6-8,15,17,24H,9-14,16H2,1-5H3,(H,28,32). The fraction of sp³-hybridized carbons (Fsp3) is 0.519. The highest BCUT2D eigenvalue weighted by molar-refractivity contribution is 8.16. The minimum atomic E-state index is -0.635. The molecular weight excluding hydrogens is 476 g/mol. The van der Waals surface area contributed by atoms with Crippen LogP contribution in [0.25, 0.3) is 0 Å². The average molecular weight is 513 g/mol. The summed E-state index contributed by atoms with van der Waals surface area (Å²) in [5.41, 5.74) is 3.38. The third-order valence-electron chi connectivity index (χ3n) is 6.17. The molecule has 1 amide bonds. The zero-order valence-electron chi connectivity index (χ0n) is 21.8. The second-order valence-corrected chi connectivity index (χ2v) is 11.1. The van der Waals surface area contributed by atoms with Crippen LogP contribution in [0.2, 0.25) is 0 Å². The highest BCUT2D eigenvalue weighted by atomic mass is 32.2. The van der Waals surface area contributed by atoms with Crippen molar-refractivity contribution in [1.29, 1.82) is 0 Å². The van der Waals surface area contributed by atoms with Crippen molar-refractivity contribution in [3.63, 3.8) is 0 Å². The van der Waals surface area contributed by atoms with Gasteiger partial charge in [-0.3, -0.25) is 9.69 Å². The van der Waals surface area contributed by atoms with E-state index in [-0.39, 0.29) is 18.3 Å². The lowest BCUT2D eigenvalue weighted by Gasteiger charge is -2.37. The summed E-state index contributed by atoms with van der Waals surface area (Å²) >= 11 is 1.48. The summed E-state index contributed by atoms with van der Waals surface area (Å²) in [4.78, 5) is 35.4. The maximum absolute atomic E-state index is 13.4.